The van der Waals surface area contributed by atoms with Crippen molar-refractivity contribution < 1.29 is 4.74 Å². The molecular formula is C10H12ClN5O. The van der Waals surface area contributed by atoms with Crippen LogP contribution in [0.5, 0.6) is 0 Å². The molecule has 7 heteroatoms. The maximum absolute atomic E-state index is 5.86. The highest BCUT2D eigenvalue weighted by Gasteiger charge is 2.16. The lowest BCUT2D eigenvalue weighted by molar-refractivity contribution is 0.0904. The maximum atomic E-state index is 5.86. The monoisotopic (exact) mass is 253 g/mol. The van der Waals surface area contributed by atoms with E-state index in [1.165, 1.54) is 0 Å². The van der Waals surface area contributed by atoms with Crippen LogP contribution in [0.15, 0.2) is 6.33 Å². The zero-order valence-electron chi connectivity index (χ0n) is 9.11. The van der Waals surface area contributed by atoms with Gasteiger partial charge in [0.25, 0.3) is 0 Å². The van der Waals surface area contributed by atoms with Crippen molar-refractivity contribution in [1.82, 2.24) is 19.9 Å². The fourth-order valence-corrected chi connectivity index (χ4v) is 2.11. The summed E-state index contributed by atoms with van der Waals surface area (Å²) < 4.78 is 5.31. The summed E-state index contributed by atoms with van der Waals surface area (Å²) in [5.74, 6) is 0.712. The number of fused-ring (bicyclic) bond motifs is 1. The molecular weight excluding hydrogens is 242 g/mol. The van der Waals surface area contributed by atoms with Gasteiger partial charge < -0.3 is 15.0 Å². The van der Waals surface area contributed by atoms with Crippen molar-refractivity contribution in [2.45, 2.75) is 18.9 Å². The maximum Gasteiger partial charge on any atom is 0.226 e. The van der Waals surface area contributed by atoms with Gasteiger partial charge in [-0.05, 0) is 24.4 Å². The molecule has 0 bridgehead atoms. The standard InChI is InChI=1S/C10H12ClN5O/c11-10-15-8-7(12-5-13-8)9(16-10)14-6-1-3-17-4-2-6/h5-6H,1-4H2,(H2,12,13,14,15,16). The molecule has 0 spiro atoms. The minimum atomic E-state index is 0.208. The van der Waals surface area contributed by atoms with Crippen molar-refractivity contribution >= 4 is 28.6 Å². The third kappa shape index (κ3) is 2.18. The molecule has 2 aromatic rings. The first-order valence-corrected chi connectivity index (χ1v) is 5.91. The van der Waals surface area contributed by atoms with Crippen molar-refractivity contribution in [2.75, 3.05) is 18.5 Å². The average Bonchev–Trinajstić information content (AvgIpc) is 2.78. The summed E-state index contributed by atoms with van der Waals surface area (Å²) in [5.41, 5.74) is 1.38. The minimum Gasteiger partial charge on any atom is -0.381 e. The Morgan fingerprint density at radius 3 is 3.00 bits per heavy atom. The first kappa shape index (κ1) is 10.7. The molecule has 0 amide bonds. The highest BCUT2D eigenvalue weighted by molar-refractivity contribution is 6.28. The zero-order chi connectivity index (χ0) is 11.7. The molecule has 6 nitrogen and oxygen atoms in total. The molecule has 1 aliphatic heterocycles. The lowest BCUT2D eigenvalue weighted by Crippen LogP contribution is -2.28. The van der Waals surface area contributed by atoms with Crippen molar-refractivity contribution in [1.29, 1.82) is 0 Å². The Kier molecular flexibility index (Phi) is 2.82. The third-order valence-electron chi connectivity index (χ3n) is 2.82. The van der Waals surface area contributed by atoms with Gasteiger partial charge in [0, 0.05) is 19.3 Å². The van der Waals surface area contributed by atoms with Gasteiger partial charge in [-0.2, -0.15) is 9.97 Å². The molecule has 2 aromatic heterocycles. The van der Waals surface area contributed by atoms with Crippen LogP contribution in [0.4, 0.5) is 5.82 Å². The second kappa shape index (κ2) is 4.46. The van der Waals surface area contributed by atoms with Crippen LogP contribution in [-0.2, 0) is 4.74 Å². The topological polar surface area (TPSA) is 75.7 Å². The number of ether oxygens (including phenoxy) is 1. The van der Waals surface area contributed by atoms with Gasteiger partial charge in [-0.3, -0.25) is 0 Å². The number of nitrogens with one attached hydrogen (secondary N) is 2. The molecule has 2 N–H and O–H groups in total. The van der Waals surface area contributed by atoms with Crippen LogP contribution in [0, 0.1) is 0 Å². The molecule has 1 aliphatic rings. The van der Waals surface area contributed by atoms with E-state index in [-0.39, 0.29) is 5.28 Å². The van der Waals surface area contributed by atoms with E-state index >= 15 is 0 Å². The summed E-state index contributed by atoms with van der Waals surface area (Å²) in [6.45, 7) is 1.56. The van der Waals surface area contributed by atoms with Crippen LogP contribution < -0.4 is 5.32 Å². The lowest BCUT2D eigenvalue weighted by atomic mass is 10.1. The largest absolute Gasteiger partial charge is 0.381 e. The quantitative estimate of drug-likeness (QED) is 0.795. The number of rotatable bonds is 2. The Hall–Kier alpha value is -1.40. The molecule has 1 fully saturated rings. The summed E-state index contributed by atoms with van der Waals surface area (Å²) in [6.07, 6.45) is 3.53. The number of hydrogen-bond acceptors (Lipinski definition) is 5. The molecule has 0 unspecified atom stereocenters. The summed E-state index contributed by atoms with van der Waals surface area (Å²) >= 11 is 5.86. The van der Waals surface area contributed by atoms with Gasteiger partial charge in [-0.15, -0.1) is 0 Å². The Morgan fingerprint density at radius 1 is 1.35 bits per heavy atom. The molecule has 3 heterocycles. The van der Waals surface area contributed by atoms with E-state index in [1.54, 1.807) is 6.33 Å². The Bertz CT molecular complexity index is 522. The molecule has 3 rings (SSSR count). The second-order valence-corrected chi connectivity index (χ2v) is 4.31. The van der Waals surface area contributed by atoms with Gasteiger partial charge in [0.1, 0.15) is 5.52 Å². The van der Waals surface area contributed by atoms with Gasteiger partial charge in [-0.1, -0.05) is 0 Å². The zero-order valence-corrected chi connectivity index (χ0v) is 9.87. The fraction of sp³-hybridized carbons (Fsp3) is 0.500. The first-order chi connectivity index (χ1) is 8.33. The first-order valence-electron chi connectivity index (χ1n) is 5.54. The predicted octanol–water partition coefficient (Wildman–Crippen LogP) is 1.60. The van der Waals surface area contributed by atoms with E-state index in [4.69, 9.17) is 16.3 Å². The number of anilines is 1. The van der Waals surface area contributed by atoms with E-state index in [0.717, 1.165) is 31.6 Å². The Balaban J connectivity index is 1.90. The molecule has 1 saturated heterocycles. The number of nitrogens with zero attached hydrogens (tertiary/aromatic N) is 3. The summed E-state index contributed by atoms with van der Waals surface area (Å²) in [6, 6.07) is 0.362. The Morgan fingerprint density at radius 2 is 2.18 bits per heavy atom. The fourth-order valence-electron chi connectivity index (χ4n) is 1.95. The van der Waals surface area contributed by atoms with E-state index in [9.17, 15) is 0 Å². The SMILES string of the molecule is Clc1nc(NC2CCOCC2)c2[nH]cnc2n1. The van der Waals surface area contributed by atoms with Crippen LogP contribution in [0.1, 0.15) is 12.8 Å². The molecule has 0 saturated carbocycles. The minimum absolute atomic E-state index is 0.208. The van der Waals surface area contributed by atoms with Crippen molar-refractivity contribution in [3.05, 3.63) is 11.6 Å². The van der Waals surface area contributed by atoms with Gasteiger partial charge >= 0.3 is 0 Å². The van der Waals surface area contributed by atoms with Crippen LogP contribution in [-0.4, -0.2) is 39.2 Å². The van der Waals surface area contributed by atoms with Crippen molar-refractivity contribution in [3.8, 4) is 0 Å². The molecule has 0 radical (unpaired) electrons. The van der Waals surface area contributed by atoms with Gasteiger partial charge in [0.15, 0.2) is 11.5 Å². The molecule has 0 atom stereocenters. The highest BCUT2D eigenvalue weighted by Crippen LogP contribution is 2.21. The van der Waals surface area contributed by atoms with Gasteiger partial charge in [0.2, 0.25) is 5.28 Å². The predicted molar refractivity (Wildman–Crippen MR) is 64.2 cm³/mol. The normalized spacial score (nSPS) is 17.5. The number of imidazole rings is 1. The third-order valence-corrected chi connectivity index (χ3v) is 2.99. The van der Waals surface area contributed by atoms with Crippen LogP contribution in [0.25, 0.3) is 11.2 Å². The number of hydrogen-bond donors (Lipinski definition) is 2. The van der Waals surface area contributed by atoms with E-state index in [2.05, 4.69) is 25.3 Å². The highest BCUT2D eigenvalue weighted by atomic mass is 35.5. The average molecular weight is 254 g/mol. The van der Waals surface area contributed by atoms with Crippen LogP contribution >= 0.6 is 11.6 Å². The molecule has 90 valence electrons. The summed E-state index contributed by atoms with van der Waals surface area (Å²) in [4.78, 5) is 15.3. The summed E-state index contributed by atoms with van der Waals surface area (Å²) in [7, 11) is 0. The summed E-state index contributed by atoms with van der Waals surface area (Å²) in [5, 5.41) is 3.57. The van der Waals surface area contributed by atoms with Gasteiger partial charge in [-0.25, -0.2) is 4.98 Å². The molecule has 0 aromatic carbocycles. The smallest absolute Gasteiger partial charge is 0.226 e. The van der Waals surface area contributed by atoms with Crippen LogP contribution in [0.2, 0.25) is 5.28 Å². The van der Waals surface area contributed by atoms with E-state index in [0.29, 0.717) is 17.5 Å². The Labute approximate surface area is 103 Å². The number of aromatic nitrogens is 4. The van der Waals surface area contributed by atoms with E-state index in [1.807, 2.05) is 0 Å². The lowest BCUT2D eigenvalue weighted by Gasteiger charge is -2.23. The molecule has 17 heavy (non-hydrogen) atoms. The van der Waals surface area contributed by atoms with Crippen molar-refractivity contribution in [2.24, 2.45) is 0 Å². The van der Waals surface area contributed by atoms with Crippen molar-refractivity contribution in [3.63, 3.8) is 0 Å². The van der Waals surface area contributed by atoms with Crippen LogP contribution in [0.3, 0.4) is 0 Å². The number of H-pyrrole nitrogens is 1. The number of aromatic amines is 1. The van der Waals surface area contributed by atoms with E-state index < -0.39 is 0 Å². The molecule has 0 aliphatic carbocycles. The number of halogens is 1. The van der Waals surface area contributed by atoms with Gasteiger partial charge in [0.05, 0.1) is 6.33 Å². The second-order valence-electron chi connectivity index (χ2n) is 3.97.